The van der Waals surface area contributed by atoms with Crippen molar-refractivity contribution in [3.8, 4) is 28.4 Å². The van der Waals surface area contributed by atoms with Gasteiger partial charge < -0.3 is 18.9 Å². The standard InChI is InChI=1S/C43H58O6/c1-3-4-5-13-16-34(2)48-43(45)38-23-29-41(30-24-38)49-40-27-21-37(22-28-40)36-19-25-39(26-20-36)46-31-14-11-9-7-6-8-10-12-15-32-47-42(44)33-35-17-18-35/h19-30,34-35H,3-18,31-33H2,1-2H3/t34-/m0/s1. The van der Waals surface area contributed by atoms with Crippen LogP contribution < -0.4 is 9.47 Å². The maximum Gasteiger partial charge on any atom is 0.338 e. The minimum atomic E-state index is -0.291. The maximum atomic E-state index is 12.5. The van der Waals surface area contributed by atoms with Gasteiger partial charge in [0.1, 0.15) is 17.2 Å². The van der Waals surface area contributed by atoms with E-state index in [4.69, 9.17) is 18.9 Å². The second-order valence-corrected chi connectivity index (χ2v) is 13.6. The van der Waals surface area contributed by atoms with E-state index in [9.17, 15) is 9.59 Å². The number of esters is 2. The Hall–Kier alpha value is -3.80. The molecule has 0 N–H and O–H groups in total. The molecule has 0 spiro atoms. The zero-order chi connectivity index (χ0) is 34.5. The topological polar surface area (TPSA) is 71.1 Å². The predicted octanol–water partition coefficient (Wildman–Crippen LogP) is 11.9. The van der Waals surface area contributed by atoms with Crippen molar-refractivity contribution < 1.29 is 28.5 Å². The van der Waals surface area contributed by atoms with Crippen LogP contribution in [0, 0.1) is 5.92 Å². The first-order valence-corrected chi connectivity index (χ1v) is 19.0. The molecular formula is C43H58O6. The highest BCUT2D eigenvalue weighted by Gasteiger charge is 2.25. The van der Waals surface area contributed by atoms with Crippen LogP contribution in [-0.2, 0) is 14.3 Å². The number of carbonyl (C=O) groups is 2. The molecule has 6 heteroatoms. The lowest BCUT2D eigenvalue weighted by molar-refractivity contribution is -0.144. The molecule has 0 aromatic heterocycles. The molecule has 1 atom stereocenters. The second-order valence-electron chi connectivity index (χ2n) is 13.6. The summed E-state index contributed by atoms with van der Waals surface area (Å²) in [7, 11) is 0. The Kier molecular flexibility index (Phi) is 17.1. The van der Waals surface area contributed by atoms with E-state index in [0.717, 1.165) is 61.3 Å². The number of hydrogen-bond acceptors (Lipinski definition) is 6. The highest BCUT2D eigenvalue weighted by atomic mass is 16.5. The summed E-state index contributed by atoms with van der Waals surface area (Å²) in [5.74, 6) is 2.62. The van der Waals surface area contributed by atoms with E-state index in [-0.39, 0.29) is 18.0 Å². The molecule has 0 aliphatic heterocycles. The van der Waals surface area contributed by atoms with Crippen molar-refractivity contribution >= 4 is 11.9 Å². The molecule has 3 aromatic rings. The van der Waals surface area contributed by atoms with Crippen molar-refractivity contribution in [1.29, 1.82) is 0 Å². The van der Waals surface area contributed by atoms with Gasteiger partial charge in [-0.05, 0) is 111 Å². The van der Waals surface area contributed by atoms with Gasteiger partial charge in [0.2, 0.25) is 0 Å². The van der Waals surface area contributed by atoms with Crippen molar-refractivity contribution in [2.24, 2.45) is 5.92 Å². The van der Waals surface area contributed by atoms with Crippen molar-refractivity contribution in [3.05, 3.63) is 78.4 Å². The van der Waals surface area contributed by atoms with Crippen LogP contribution in [0.3, 0.4) is 0 Å². The van der Waals surface area contributed by atoms with Gasteiger partial charge >= 0.3 is 11.9 Å². The van der Waals surface area contributed by atoms with Gasteiger partial charge in [0, 0.05) is 6.42 Å². The summed E-state index contributed by atoms with van der Waals surface area (Å²) >= 11 is 0. The summed E-state index contributed by atoms with van der Waals surface area (Å²) in [5, 5.41) is 0. The van der Waals surface area contributed by atoms with Gasteiger partial charge in [-0.25, -0.2) is 4.79 Å². The molecule has 1 fully saturated rings. The minimum absolute atomic E-state index is 0.00293. The third kappa shape index (κ3) is 15.5. The Bertz CT molecular complexity index is 1340. The van der Waals surface area contributed by atoms with E-state index >= 15 is 0 Å². The molecule has 1 aliphatic rings. The third-order valence-corrected chi connectivity index (χ3v) is 9.11. The van der Waals surface area contributed by atoms with Gasteiger partial charge in [0.15, 0.2) is 0 Å². The Morgan fingerprint density at radius 2 is 1.14 bits per heavy atom. The van der Waals surface area contributed by atoms with E-state index in [1.807, 2.05) is 43.3 Å². The molecule has 4 rings (SSSR count). The zero-order valence-corrected chi connectivity index (χ0v) is 30.0. The normalized spacial score (nSPS) is 13.1. The first-order chi connectivity index (χ1) is 24.0. The number of benzene rings is 3. The van der Waals surface area contributed by atoms with Crippen LogP contribution in [0.4, 0.5) is 0 Å². The molecule has 3 aromatic carbocycles. The van der Waals surface area contributed by atoms with E-state index in [2.05, 4.69) is 19.1 Å². The number of ether oxygens (including phenoxy) is 4. The van der Waals surface area contributed by atoms with Crippen LogP contribution in [-0.4, -0.2) is 31.3 Å². The molecule has 0 amide bonds. The lowest BCUT2D eigenvalue weighted by Gasteiger charge is -2.13. The zero-order valence-electron chi connectivity index (χ0n) is 30.0. The van der Waals surface area contributed by atoms with Gasteiger partial charge in [-0.1, -0.05) is 95.4 Å². The molecule has 266 valence electrons. The molecule has 0 saturated heterocycles. The Morgan fingerprint density at radius 1 is 0.633 bits per heavy atom. The summed E-state index contributed by atoms with van der Waals surface area (Å²) < 4.78 is 22.9. The van der Waals surface area contributed by atoms with Crippen LogP contribution in [0.1, 0.15) is 133 Å². The highest BCUT2D eigenvalue weighted by molar-refractivity contribution is 5.89. The van der Waals surface area contributed by atoms with E-state index in [0.29, 0.717) is 30.3 Å². The van der Waals surface area contributed by atoms with Crippen LogP contribution in [0.5, 0.6) is 17.2 Å². The van der Waals surface area contributed by atoms with E-state index in [1.54, 1.807) is 24.3 Å². The van der Waals surface area contributed by atoms with E-state index < -0.39 is 0 Å². The van der Waals surface area contributed by atoms with Gasteiger partial charge in [0.05, 0.1) is 24.9 Å². The first-order valence-electron chi connectivity index (χ1n) is 19.0. The van der Waals surface area contributed by atoms with Crippen LogP contribution in [0.2, 0.25) is 0 Å². The van der Waals surface area contributed by atoms with Crippen LogP contribution >= 0.6 is 0 Å². The fraction of sp³-hybridized carbons (Fsp3) is 0.535. The molecular weight excluding hydrogens is 612 g/mol. The Labute approximate surface area is 294 Å². The summed E-state index contributed by atoms with van der Waals surface area (Å²) in [6.45, 7) is 5.49. The molecule has 0 radical (unpaired) electrons. The van der Waals surface area contributed by atoms with Gasteiger partial charge in [-0.2, -0.15) is 0 Å². The number of unbranched alkanes of at least 4 members (excludes halogenated alkanes) is 11. The molecule has 0 heterocycles. The number of hydrogen-bond donors (Lipinski definition) is 0. The average Bonchev–Trinajstić information content (AvgIpc) is 3.93. The Morgan fingerprint density at radius 3 is 1.71 bits per heavy atom. The minimum Gasteiger partial charge on any atom is -0.494 e. The second kappa shape index (κ2) is 22.0. The summed E-state index contributed by atoms with van der Waals surface area (Å²) in [6, 6.07) is 23.4. The van der Waals surface area contributed by atoms with Crippen molar-refractivity contribution in [3.63, 3.8) is 0 Å². The number of carbonyl (C=O) groups excluding carboxylic acids is 2. The monoisotopic (exact) mass is 670 g/mol. The molecule has 0 bridgehead atoms. The molecule has 6 nitrogen and oxygen atoms in total. The summed E-state index contributed by atoms with van der Waals surface area (Å²) in [6.07, 6.45) is 19.2. The number of rotatable bonds is 25. The van der Waals surface area contributed by atoms with Gasteiger partial charge in [0.25, 0.3) is 0 Å². The highest BCUT2D eigenvalue weighted by Crippen LogP contribution is 2.32. The molecule has 0 unspecified atom stereocenters. The van der Waals surface area contributed by atoms with Gasteiger partial charge in [-0.3, -0.25) is 4.79 Å². The van der Waals surface area contributed by atoms with Crippen molar-refractivity contribution in [2.75, 3.05) is 13.2 Å². The van der Waals surface area contributed by atoms with Gasteiger partial charge in [-0.15, -0.1) is 0 Å². The predicted molar refractivity (Wildman–Crippen MR) is 197 cm³/mol. The lowest BCUT2D eigenvalue weighted by atomic mass is 10.1. The third-order valence-electron chi connectivity index (χ3n) is 9.11. The lowest BCUT2D eigenvalue weighted by Crippen LogP contribution is -2.15. The Balaban J connectivity index is 1.04. The fourth-order valence-corrected chi connectivity index (χ4v) is 5.86. The average molecular weight is 671 g/mol. The summed E-state index contributed by atoms with van der Waals surface area (Å²) in [4.78, 5) is 24.1. The van der Waals surface area contributed by atoms with Crippen molar-refractivity contribution in [1.82, 2.24) is 0 Å². The molecule has 1 saturated carbocycles. The molecule has 49 heavy (non-hydrogen) atoms. The van der Waals surface area contributed by atoms with Crippen molar-refractivity contribution in [2.45, 2.75) is 129 Å². The SMILES string of the molecule is CCCCCC[C@H](C)OC(=O)c1ccc(Oc2ccc(-c3ccc(OCCCCCCCCCCCOC(=O)CC4CC4)cc3)cc2)cc1. The molecule has 1 aliphatic carbocycles. The first kappa shape index (κ1) is 38.0. The quantitative estimate of drug-likeness (QED) is 0.0660. The summed E-state index contributed by atoms with van der Waals surface area (Å²) in [5.41, 5.74) is 2.76. The smallest absolute Gasteiger partial charge is 0.338 e. The maximum absolute atomic E-state index is 12.5. The van der Waals surface area contributed by atoms with Crippen LogP contribution in [0.15, 0.2) is 72.8 Å². The largest absolute Gasteiger partial charge is 0.494 e. The van der Waals surface area contributed by atoms with Crippen LogP contribution in [0.25, 0.3) is 11.1 Å². The van der Waals surface area contributed by atoms with E-state index in [1.165, 1.54) is 70.6 Å². The fourth-order valence-electron chi connectivity index (χ4n) is 5.86.